The van der Waals surface area contributed by atoms with Crippen LogP contribution in [0, 0.1) is 5.82 Å². The molecule has 0 radical (unpaired) electrons. The number of amides is 1. The van der Waals surface area contributed by atoms with E-state index in [2.05, 4.69) is 60.1 Å². The molecule has 43 heavy (non-hydrogen) atoms. The summed E-state index contributed by atoms with van der Waals surface area (Å²) < 4.78 is 33.2. The highest BCUT2D eigenvalue weighted by atomic mass is 79.9. The molecule has 2 heterocycles. The quantitative estimate of drug-likeness (QED) is 0.120. The van der Waals surface area contributed by atoms with Gasteiger partial charge in [0.2, 0.25) is 0 Å². The van der Waals surface area contributed by atoms with Gasteiger partial charge in [0, 0.05) is 36.2 Å². The molecule has 1 N–H and O–H groups in total. The van der Waals surface area contributed by atoms with Crippen LogP contribution in [0.3, 0.4) is 0 Å². The molecule has 1 fully saturated rings. The normalized spacial score (nSPS) is 18.4. The van der Waals surface area contributed by atoms with Crippen molar-refractivity contribution >= 4 is 76.4 Å². The number of hydrogen-bond acceptors (Lipinski definition) is 7. The number of hydrogen-bond donors (Lipinski definition) is 1. The molecule has 0 spiro atoms. The highest BCUT2D eigenvalue weighted by Gasteiger charge is 2.39. The van der Waals surface area contributed by atoms with Gasteiger partial charge >= 0.3 is 6.09 Å². The molecule has 240 valence electrons. The fourth-order valence-corrected chi connectivity index (χ4v) is 6.92. The fraction of sp³-hybridized carbons (Fsp3) is 0.613. The molecule has 3 rings (SSSR count). The maximum Gasteiger partial charge on any atom is 0.410 e. The van der Waals surface area contributed by atoms with E-state index in [0.717, 1.165) is 11.3 Å². The number of rotatable bonds is 9. The van der Waals surface area contributed by atoms with Crippen molar-refractivity contribution in [2.45, 2.75) is 102 Å². The molecule has 0 unspecified atom stereocenters. The summed E-state index contributed by atoms with van der Waals surface area (Å²) in [6.45, 7) is 17.8. The van der Waals surface area contributed by atoms with Gasteiger partial charge in [0.25, 0.3) is 0 Å². The standard InChI is InChI=1S/C31H46BrClFN3O4SSi/c1-30(2,3)41-29(38)37-14-11-19(17-20(37)12-16-40-43(9,10)31(4,5)6)35-26-21(13-15-39-7)28(42-8)36-27-22(26)18-23(33)24(32)25(27)34/h13,15,18-20H,11-12,14,16-17H2,1-10H3,(H,35,36)/b15-13+/t19-,20+/m0/s1. The third kappa shape index (κ3) is 8.80. The number of carbonyl (C=O) groups excluding carboxylic acids is 1. The van der Waals surface area contributed by atoms with Crippen molar-refractivity contribution in [1.29, 1.82) is 0 Å². The molecule has 1 aliphatic heterocycles. The van der Waals surface area contributed by atoms with Crippen molar-refractivity contribution in [1.82, 2.24) is 9.88 Å². The average Bonchev–Trinajstić information content (AvgIpc) is 2.89. The van der Waals surface area contributed by atoms with Crippen LogP contribution in [0.1, 0.15) is 66.4 Å². The van der Waals surface area contributed by atoms with Crippen LogP contribution in [-0.2, 0) is 13.9 Å². The molecule has 0 bridgehead atoms. The number of carbonyl (C=O) groups is 1. The van der Waals surface area contributed by atoms with Crippen molar-refractivity contribution in [3.63, 3.8) is 0 Å². The Hall–Kier alpha value is -1.53. The maximum absolute atomic E-state index is 15.4. The van der Waals surface area contributed by atoms with Crippen molar-refractivity contribution in [3.05, 3.63) is 33.2 Å². The number of aromatic nitrogens is 1. The van der Waals surface area contributed by atoms with Gasteiger partial charge in [-0.15, -0.1) is 11.8 Å². The van der Waals surface area contributed by atoms with Gasteiger partial charge in [0.1, 0.15) is 16.1 Å². The molecule has 1 amide bonds. The smallest absolute Gasteiger partial charge is 0.410 e. The first-order chi connectivity index (χ1) is 19.9. The van der Waals surface area contributed by atoms with Gasteiger partial charge in [-0.1, -0.05) is 32.4 Å². The van der Waals surface area contributed by atoms with Gasteiger partial charge in [0.15, 0.2) is 14.1 Å². The topological polar surface area (TPSA) is 72.9 Å². The molecule has 2 aromatic rings. The number of piperidine rings is 1. The number of fused-ring (bicyclic) bond motifs is 1. The van der Waals surface area contributed by atoms with E-state index in [-0.39, 0.29) is 38.2 Å². The number of likely N-dealkylation sites (tertiary alicyclic amines) is 1. The Labute approximate surface area is 274 Å². The SMILES string of the molecule is CO/C=C/c1c(SC)nc2c(F)c(Br)c(Cl)cc2c1N[C@H]1CCN(C(=O)OC(C)(C)C)[C@H](CCO[Si](C)(C)C(C)(C)C)C1. The van der Waals surface area contributed by atoms with Crippen LogP contribution in [0.25, 0.3) is 17.0 Å². The molecule has 1 aromatic heterocycles. The fourth-order valence-electron chi connectivity index (χ4n) is 4.79. The lowest BCUT2D eigenvalue weighted by atomic mass is 9.94. The average molecular weight is 719 g/mol. The van der Waals surface area contributed by atoms with Gasteiger partial charge in [0.05, 0.1) is 28.6 Å². The van der Waals surface area contributed by atoms with Gasteiger partial charge in [-0.05, 0) is 92.5 Å². The maximum atomic E-state index is 15.4. The Kier molecular flexibility index (Phi) is 11.9. The molecule has 1 saturated heterocycles. The monoisotopic (exact) mass is 717 g/mol. The van der Waals surface area contributed by atoms with Crippen LogP contribution in [0.2, 0.25) is 23.2 Å². The number of benzene rings is 1. The van der Waals surface area contributed by atoms with E-state index >= 15 is 4.39 Å². The number of pyridine rings is 1. The van der Waals surface area contributed by atoms with Crippen LogP contribution in [0.15, 0.2) is 21.8 Å². The van der Waals surface area contributed by atoms with Crippen LogP contribution >= 0.6 is 39.3 Å². The minimum Gasteiger partial charge on any atom is -0.504 e. The van der Waals surface area contributed by atoms with Gasteiger partial charge in [-0.3, -0.25) is 0 Å². The van der Waals surface area contributed by atoms with Crippen molar-refractivity contribution < 1.29 is 23.1 Å². The van der Waals surface area contributed by atoms with Crippen LogP contribution < -0.4 is 5.32 Å². The predicted octanol–water partition coefficient (Wildman–Crippen LogP) is 9.72. The zero-order valence-electron chi connectivity index (χ0n) is 27.0. The van der Waals surface area contributed by atoms with E-state index in [1.54, 1.807) is 19.4 Å². The first kappa shape index (κ1) is 35.9. The van der Waals surface area contributed by atoms with E-state index in [1.165, 1.54) is 11.8 Å². The zero-order chi connectivity index (χ0) is 32.3. The number of anilines is 1. The lowest BCUT2D eigenvalue weighted by molar-refractivity contribution is 0.00624. The van der Waals surface area contributed by atoms with Gasteiger partial charge < -0.3 is 24.1 Å². The third-order valence-electron chi connectivity index (χ3n) is 8.10. The molecular weight excluding hydrogens is 673 g/mol. The Bertz CT molecular complexity index is 1350. The summed E-state index contributed by atoms with van der Waals surface area (Å²) in [4.78, 5) is 19.8. The summed E-state index contributed by atoms with van der Waals surface area (Å²) in [6, 6.07) is 1.61. The third-order valence-corrected chi connectivity index (χ3v) is 14.6. The molecule has 0 aliphatic carbocycles. The van der Waals surface area contributed by atoms with E-state index in [4.69, 9.17) is 25.5 Å². The summed E-state index contributed by atoms with van der Waals surface area (Å²) >= 11 is 11.1. The second kappa shape index (κ2) is 14.3. The minimum atomic E-state index is -1.96. The van der Waals surface area contributed by atoms with Gasteiger partial charge in [-0.2, -0.15) is 0 Å². The number of methoxy groups -OCH3 is 1. The first-order valence-electron chi connectivity index (χ1n) is 14.5. The van der Waals surface area contributed by atoms with E-state index in [0.29, 0.717) is 42.8 Å². The summed E-state index contributed by atoms with van der Waals surface area (Å²) in [6.07, 6.45) is 7.02. The highest BCUT2D eigenvalue weighted by molar-refractivity contribution is 9.10. The second-order valence-corrected chi connectivity index (χ2v) is 20.2. The Morgan fingerprint density at radius 3 is 2.56 bits per heavy atom. The highest BCUT2D eigenvalue weighted by Crippen LogP contribution is 2.41. The zero-order valence-corrected chi connectivity index (χ0v) is 31.2. The Morgan fingerprint density at radius 2 is 1.98 bits per heavy atom. The number of ether oxygens (including phenoxy) is 2. The molecule has 1 aromatic carbocycles. The summed E-state index contributed by atoms with van der Waals surface area (Å²) in [7, 11) is -0.386. The first-order valence-corrected chi connectivity index (χ1v) is 19.8. The van der Waals surface area contributed by atoms with Crippen LogP contribution in [0.4, 0.5) is 14.9 Å². The largest absolute Gasteiger partial charge is 0.504 e. The van der Waals surface area contributed by atoms with Crippen molar-refractivity contribution in [2.75, 3.05) is 31.8 Å². The minimum absolute atomic E-state index is 0.0166. The second-order valence-electron chi connectivity index (χ2n) is 13.4. The molecule has 7 nitrogen and oxygen atoms in total. The molecule has 0 saturated carbocycles. The van der Waals surface area contributed by atoms with E-state index in [9.17, 15) is 4.79 Å². The number of halogens is 3. The van der Waals surface area contributed by atoms with E-state index < -0.39 is 19.7 Å². The van der Waals surface area contributed by atoms with Crippen molar-refractivity contribution in [2.24, 2.45) is 0 Å². The number of nitrogens with one attached hydrogen (secondary N) is 1. The predicted molar refractivity (Wildman–Crippen MR) is 183 cm³/mol. The molecule has 1 aliphatic rings. The molecule has 12 heteroatoms. The molecular formula is C31H46BrClFN3O4SSi. The lowest BCUT2D eigenvalue weighted by Gasteiger charge is -2.42. The van der Waals surface area contributed by atoms with Crippen LogP contribution in [0.5, 0.6) is 0 Å². The summed E-state index contributed by atoms with van der Waals surface area (Å²) in [5.74, 6) is -0.511. The number of nitrogens with zero attached hydrogens (tertiary/aromatic N) is 2. The molecule has 2 atom stereocenters. The summed E-state index contributed by atoms with van der Waals surface area (Å²) in [5.41, 5.74) is 1.14. The van der Waals surface area contributed by atoms with Gasteiger partial charge in [-0.25, -0.2) is 14.2 Å². The van der Waals surface area contributed by atoms with E-state index in [1.807, 2.05) is 38.0 Å². The Morgan fingerprint density at radius 1 is 1.30 bits per heavy atom. The summed E-state index contributed by atoms with van der Waals surface area (Å²) in [5, 5.41) is 5.28. The number of thioether (sulfide) groups is 1. The van der Waals surface area contributed by atoms with Crippen molar-refractivity contribution in [3.8, 4) is 0 Å². The Balaban J connectivity index is 1.99. The van der Waals surface area contributed by atoms with Crippen LogP contribution in [-0.4, -0.2) is 68.5 Å². The lowest BCUT2D eigenvalue weighted by Crippen LogP contribution is -2.51.